The van der Waals surface area contributed by atoms with Gasteiger partial charge < -0.3 is 5.32 Å². The molecule has 2 aliphatic heterocycles. The van der Waals surface area contributed by atoms with Gasteiger partial charge in [-0.05, 0) is 63.2 Å². The van der Waals surface area contributed by atoms with E-state index in [4.69, 9.17) is 0 Å². The highest BCUT2D eigenvalue weighted by Gasteiger charge is 2.32. The molecule has 0 bridgehead atoms. The Morgan fingerprint density at radius 2 is 2.05 bits per heavy atom. The van der Waals surface area contributed by atoms with E-state index in [-0.39, 0.29) is 11.8 Å². The Bertz CT molecular complexity index is 310. The monoisotopic (exact) mass is 264 g/mol. The topological polar surface area (TPSA) is 32.3 Å². The molecular weight excluding hydrogens is 236 g/mol. The van der Waals surface area contributed by atoms with Crippen LogP contribution in [0.1, 0.15) is 39.0 Å². The van der Waals surface area contributed by atoms with Gasteiger partial charge in [-0.15, -0.1) is 0 Å². The number of likely N-dealkylation sites (tertiary alicyclic amines) is 1. The molecule has 2 unspecified atom stereocenters. The summed E-state index contributed by atoms with van der Waals surface area (Å²) >= 11 is 0. The Morgan fingerprint density at radius 3 is 2.68 bits per heavy atom. The van der Waals surface area contributed by atoms with Crippen LogP contribution in [0.3, 0.4) is 0 Å². The molecule has 2 fully saturated rings. The van der Waals surface area contributed by atoms with Crippen molar-refractivity contribution in [3.05, 3.63) is 12.7 Å². The second-order valence-corrected chi connectivity index (χ2v) is 6.11. The first kappa shape index (κ1) is 14.7. The fraction of sp³-hybridized carbons (Fsp3) is 0.812. The van der Waals surface area contributed by atoms with Crippen LogP contribution in [0, 0.1) is 11.8 Å². The number of carbonyl (C=O) groups is 1. The van der Waals surface area contributed by atoms with E-state index in [1.807, 2.05) is 0 Å². The standard InChI is InChI=1S/C16H28N2O/c1-3-13-7-10-18(15(11-13)16(19)4-2)12-14-5-8-17-9-6-14/h4,13-15,17H,2-3,5-12H2,1H3. The van der Waals surface area contributed by atoms with Gasteiger partial charge in [0, 0.05) is 6.54 Å². The molecule has 0 amide bonds. The van der Waals surface area contributed by atoms with Gasteiger partial charge in [0.05, 0.1) is 6.04 Å². The summed E-state index contributed by atoms with van der Waals surface area (Å²) in [5, 5.41) is 3.41. The Labute approximate surface area is 117 Å². The van der Waals surface area contributed by atoms with Crippen LogP contribution in [0.5, 0.6) is 0 Å². The van der Waals surface area contributed by atoms with Gasteiger partial charge in [-0.25, -0.2) is 0 Å². The first-order valence-electron chi connectivity index (χ1n) is 7.85. The summed E-state index contributed by atoms with van der Waals surface area (Å²) in [5.41, 5.74) is 0. The number of piperidine rings is 2. The quantitative estimate of drug-likeness (QED) is 0.773. The lowest BCUT2D eigenvalue weighted by Gasteiger charge is -2.40. The molecule has 3 heteroatoms. The number of nitrogens with one attached hydrogen (secondary N) is 1. The lowest BCUT2D eigenvalue weighted by molar-refractivity contribution is -0.121. The number of hydrogen-bond donors (Lipinski definition) is 1. The molecule has 19 heavy (non-hydrogen) atoms. The van der Waals surface area contributed by atoms with Crippen LogP contribution in [0.15, 0.2) is 12.7 Å². The molecule has 2 atom stereocenters. The van der Waals surface area contributed by atoms with Crippen LogP contribution < -0.4 is 5.32 Å². The Hall–Kier alpha value is -0.670. The third kappa shape index (κ3) is 3.90. The van der Waals surface area contributed by atoms with Crippen LogP contribution in [-0.4, -0.2) is 42.9 Å². The fourth-order valence-corrected chi connectivity index (χ4v) is 3.50. The molecule has 0 aromatic carbocycles. The van der Waals surface area contributed by atoms with E-state index in [9.17, 15) is 4.79 Å². The van der Waals surface area contributed by atoms with Gasteiger partial charge in [-0.3, -0.25) is 9.69 Å². The summed E-state index contributed by atoms with van der Waals surface area (Å²) in [5.74, 6) is 1.71. The second-order valence-electron chi connectivity index (χ2n) is 6.11. The van der Waals surface area contributed by atoms with Crippen molar-refractivity contribution < 1.29 is 4.79 Å². The number of ketones is 1. The molecule has 108 valence electrons. The van der Waals surface area contributed by atoms with E-state index >= 15 is 0 Å². The molecule has 1 N–H and O–H groups in total. The predicted molar refractivity (Wildman–Crippen MR) is 79.2 cm³/mol. The zero-order valence-electron chi connectivity index (χ0n) is 12.2. The summed E-state index contributed by atoms with van der Waals surface area (Å²) in [6.07, 6.45) is 7.51. The van der Waals surface area contributed by atoms with Crippen LogP contribution >= 0.6 is 0 Å². The maximum Gasteiger partial charge on any atom is 0.172 e. The summed E-state index contributed by atoms with van der Waals surface area (Å²) in [4.78, 5) is 14.5. The zero-order chi connectivity index (χ0) is 13.7. The van der Waals surface area contributed by atoms with Crippen molar-refractivity contribution in [3.63, 3.8) is 0 Å². The van der Waals surface area contributed by atoms with Gasteiger partial charge in [0.1, 0.15) is 0 Å². The minimum Gasteiger partial charge on any atom is -0.317 e. The average Bonchev–Trinajstić information content (AvgIpc) is 2.48. The van der Waals surface area contributed by atoms with E-state index < -0.39 is 0 Å². The number of carbonyl (C=O) groups excluding carboxylic acids is 1. The molecule has 0 aromatic heterocycles. The fourth-order valence-electron chi connectivity index (χ4n) is 3.50. The second kappa shape index (κ2) is 7.20. The van der Waals surface area contributed by atoms with Gasteiger partial charge in [0.2, 0.25) is 0 Å². The van der Waals surface area contributed by atoms with Gasteiger partial charge in [0.25, 0.3) is 0 Å². The molecule has 0 saturated carbocycles. The molecule has 0 radical (unpaired) electrons. The number of rotatable bonds is 5. The van der Waals surface area contributed by atoms with E-state index in [1.165, 1.54) is 31.8 Å². The molecule has 0 aliphatic carbocycles. The lowest BCUT2D eigenvalue weighted by Crippen LogP contribution is -2.49. The average molecular weight is 264 g/mol. The van der Waals surface area contributed by atoms with Crippen LogP contribution in [-0.2, 0) is 4.79 Å². The highest BCUT2D eigenvalue weighted by molar-refractivity contribution is 5.93. The third-order valence-electron chi connectivity index (χ3n) is 4.88. The van der Waals surface area contributed by atoms with Crippen molar-refractivity contribution in [2.24, 2.45) is 11.8 Å². The normalized spacial score (nSPS) is 30.2. The van der Waals surface area contributed by atoms with E-state index in [0.29, 0.717) is 0 Å². The van der Waals surface area contributed by atoms with E-state index in [2.05, 4.69) is 23.7 Å². The molecule has 0 aromatic rings. The van der Waals surface area contributed by atoms with Crippen molar-refractivity contribution in [3.8, 4) is 0 Å². The molecule has 2 rings (SSSR count). The SMILES string of the molecule is C=CC(=O)C1CC(CC)CCN1CC1CCNCC1. The third-order valence-corrected chi connectivity index (χ3v) is 4.88. The van der Waals surface area contributed by atoms with Crippen molar-refractivity contribution in [1.29, 1.82) is 0 Å². The van der Waals surface area contributed by atoms with Crippen LogP contribution in [0.25, 0.3) is 0 Å². The van der Waals surface area contributed by atoms with E-state index in [1.54, 1.807) is 0 Å². The smallest absolute Gasteiger partial charge is 0.172 e. The van der Waals surface area contributed by atoms with Crippen molar-refractivity contribution >= 4 is 5.78 Å². The maximum absolute atomic E-state index is 12.1. The Morgan fingerprint density at radius 1 is 1.32 bits per heavy atom. The van der Waals surface area contributed by atoms with Crippen LogP contribution in [0.2, 0.25) is 0 Å². The van der Waals surface area contributed by atoms with Crippen molar-refractivity contribution in [2.45, 2.75) is 45.1 Å². The minimum absolute atomic E-state index is 0.103. The van der Waals surface area contributed by atoms with Gasteiger partial charge >= 0.3 is 0 Å². The molecular formula is C16H28N2O. The molecule has 0 spiro atoms. The highest BCUT2D eigenvalue weighted by atomic mass is 16.1. The molecule has 2 aliphatic rings. The minimum atomic E-state index is 0.103. The largest absolute Gasteiger partial charge is 0.317 e. The Balaban J connectivity index is 1.95. The molecule has 2 saturated heterocycles. The summed E-state index contributed by atoms with van der Waals surface area (Å²) in [6.45, 7) is 10.4. The Kier molecular flexibility index (Phi) is 5.59. The highest BCUT2D eigenvalue weighted by Crippen LogP contribution is 2.28. The number of hydrogen-bond acceptors (Lipinski definition) is 3. The zero-order valence-corrected chi connectivity index (χ0v) is 12.2. The van der Waals surface area contributed by atoms with Gasteiger partial charge in [-0.2, -0.15) is 0 Å². The lowest BCUT2D eigenvalue weighted by atomic mass is 9.85. The maximum atomic E-state index is 12.1. The van der Waals surface area contributed by atoms with E-state index in [0.717, 1.165) is 44.4 Å². The first-order chi connectivity index (χ1) is 9.24. The summed E-state index contributed by atoms with van der Waals surface area (Å²) in [6, 6.07) is 0.103. The summed E-state index contributed by atoms with van der Waals surface area (Å²) < 4.78 is 0. The van der Waals surface area contributed by atoms with Crippen LogP contribution in [0.4, 0.5) is 0 Å². The van der Waals surface area contributed by atoms with Gasteiger partial charge in [0.15, 0.2) is 5.78 Å². The molecule has 3 nitrogen and oxygen atoms in total. The van der Waals surface area contributed by atoms with Gasteiger partial charge in [-0.1, -0.05) is 19.9 Å². The van der Waals surface area contributed by atoms with Crippen molar-refractivity contribution in [2.75, 3.05) is 26.2 Å². The molecule has 2 heterocycles. The van der Waals surface area contributed by atoms with Crippen molar-refractivity contribution in [1.82, 2.24) is 10.2 Å². The first-order valence-corrected chi connectivity index (χ1v) is 7.85. The number of nitrogens with zero attached hydrogens (tertiary/aromatic N) is 1. The summed E-state index contributed by atoms with van der Waals surface area (Å²) in [7, 11) is 0. The predicted octanol–water partition coefficient (Wildman–Crippen LogP) is 2.23.